The van der Waals surface area contributed by atoms with Gasteiger partial charge in [0, 0.05) is 12.5 Å². The molecule has 0 radical (unpaired) electrons. The van der Waals surface area contributed by atoms with E-state index in [4.69, 9.17) is 29.4 Å². The van der Waals surface area contributed by atoms with Crippen LogP contribution in [0.2, 0.25) is 0 Å². The van der Waals surface area contributed by atoms with Gasteiger partial charge in [0.2, 0.25) is 11.8 Å². The fourth-order valence-electron chi connectivity index (χ4n) is 2.00. The van der Waals surface area contributed by atoms with Crippen LogP contribution in [0.5, 0.6) is 0 Å². The summed E-state index contributed by atoms with van der Waals surface area (Å²) in [5.41, 5.74) is 16.9. The number of thiocarbonyl (C=S) groups is 1. The highest BCUT2D eigenvalue weighted by atomic mass is 32.1. The van der Waals surface area contributed by atoms with Crippen LogP contribution < -0.4 is 17.2 Å². The minimum absolute atomic E-state index is 0.0921. The Bertz CT molecular complexity index is 476. The van der Waals surface area contributed by atoms with Crippen molar-refractivity contribution in [2.75, 3.05) is 13.1 Å². The Hall–Kier alpha value is -1.99. The number of rotatable bonds is 8. The van der Waals surface area contributed by atoms with Gasteiger partial charge in [-0.25, -0.2) is 0 Å². The van der Waals surface area contributed by atoms with E-state index in [0.29, 0.717) is 6.42 Å². The highest BCUT2D eigenvalue weighted by Gasteiger charge is 2.24. The lowest BCUT2D eigenvalue weighted by Gasteiger charge is -2.29. The molecule has 108 valence electrons. The first-order valence-corrected chi connectivity index (χ1v) is 6.45. The molecule has 0 saturated carbocycles. The Balaban J connectivity index is 3.06. The number of amides is 2. The minimum Gasteiger partial charge on any atom is -0.393 e. The van der Waals surface area contributed by atoms with Crippen LogP contribution in [-0.2, 0) is 9.59 Å². The van der Waals surface area contributed by atoms with Gasteiger partial charge in [-0.15, -0.1) is 0 Å². The molecule has 0 heterocycles. The Morgan fingerprint density at radius 1 is 1.05 bits per heavy atom. The van der Waals surface area contributed by atoms with Gasteiger partial charge in [0.25, 0.3) is 0 Å². The van der Waals surface area contributed by atoms with E-state index in [2.05, 4.69) is 0 Å². The van der Waals surface area contributed by atoms with Crippen LogP contribution in [0.4, 0.5) is 0 Å². The summed E-state index contributed by atoms with van der Waals surface area (Å²) in [6.07, 6.45) is 0.333. The zero-order valence-corrected chi connectivity index (χ0v) is 11.8. The first-order valence-electron chi connectivity index (χ1n) is 6.04. The van der Waals surface area contributed by atoms with Gasteiger partial charge in [-0.3, -0.25) is 14.5 Å². The second-order valence-corrected chi connectivity index (χ2v) is 4.96. The molecule has 2 amide bonds. The molecule has 0 spiro atoms. The molecule has 0 bridgehead atoms. The number of primary amides is 2. The third-order valence-electron chi connectivity index (χ3n) is 2.74. The van der Waals surface area contributed by atoms with Crippen molar-refractivity contribution in [3.05, 3.63) is 35.9 Å². The lowest BCUT2D eigenvalue weighted by Crippen LogP contribution is -2.42. The fourth-order valence-corrected chi connectivity index (χ4v) is 2.16. The third-order valence-corrected chi connectivity index (χ3v) is 2.90. The number of nitrogens with two attached hydrogens (primary N) is 3. The van der Waals surface area contributed by atoms with Crippen molar-refractivity contribution in [1.82, 2.24) is 4.90 Å². The number of nitrogens with zero attached hydrogens (tertiary/aromatic N) is 1. The van der Waals surface area contributed by atoms with Crippen molar-refractivity contribution in [2.45, 2.75) is 12.5 Å². The number of hydrogen-bond donors (Lipinski definition) is 3. The molecule has 7 heteroatoms. The molecular weight excluding hydrogens is 276 g/mol. The largest absolute Gasteiger partial charge is 0.393 e. The van der Waals surface area contributed by atoms with Crippen molar-refractivity contribution < 1.29 is 9.59 Å². The highest BCUT2D eigenvalue weighted by molar-refractivity contribution is 7.80. The predicted octanol–water partition coefficient (Wildman–Crippen LogP) is -0.323. The lowest BCUT2D eigenvalue weighted by molar-refractivity contribution is -0.122. The van der Waals surface area contributed by atoms with E-state index in [1.165, 1.54) is 0 Å². The van der Waals surface area contributed by atoms with Gasteiger partial charge in [-0.05, 0) is 5.56 Å². The van der Waals surface area contributed by atoms with Crippen LogP contribution in [-0.4, -0.2) is 34.8 Å². The van der Waals surface area contributed by atoms with E-state index in [-0.39, 0.29) is 24.1 Å². The van der Waals surface area contributed by atoms with Crippen molar-refractivity contribution in [2.24, 2.45) is 17.2 Å². The van der Waals surface area contributed by atoms with E-state index < -0.39 is 11.8 Å². The summed E-state index contributed by atoms with van der Waals surface area (Å²) in [7, 11) is 0. The summed E-state index contributed by atoms with van der Waals surface area (Å²) >= 11 is 4.94. The molecule has 1 aromatic carbocycles. The monoisotopic (exact) mass is 294 g/mol. The van der Waals surface area contributed by atoms with Crippen LogP contribution in [0.15, 0.2) is 30.3 Å². The quantitative estimate of drug-likeness (QED) is 0.568. The number of hydrogen-bond acceptors (Lipinski definition) is 4. The van der Waals surface area contributed by atoms with Gasteiger partial charge >= 0.3 is 0 Å². The van der Waals surface area contributed by atoms with E-state index in [0.717, 1.165) is 5.56 Å². The molecule has 6 nitrogen and oxygen atoms in total. The van der Waals surface area contributed by atoms with E-state index in [1.54, 1.807) is 4.90 Å². The molecule has 1 atom stereocenters. The molecule has 0 fully saturated rings. The lowest BCUT2D eigenvalue weighted by atomic mass is 10.0. The number of benzene rings is 1. The first-order chi connectivity index (χ1) is 9.40. The minimum atomic E-state index is -0.546. The molecule has 6 N–H and O–H groups in total. The summed E-state index contributed by atoms with van der Waals surface area (Å²) in [4.78, 5) is 24.2. The normalized spacial score (nSPS) is 12.1. The molecule has 0 aromatic heterocycles. The highest BCUT2D eigenvalue weighted by Crippen LogP contribution is 2.23. The maximum absolute atomic E-state index is 11.2. The molecule has 1 rings (SSSR count). The molecule has 0 aliphatic carbocycles. The van der Waals surface area contributed by atoms with Crippen LogP contribution in [0.3, 0.4) is 0 Å². The molecule has 0 aliphatic rings. The van der Waals surface area contributed by atoms with Gasteiger partial charge in [-0.1, -0.05) is 42.5 Å². The van der Waals surface area contributed by atoms with E-state index in [9.17, 15) is 9.59 Å². The molecular formula is C13H18N4O2S. The third kappa shape index (κ3) is 5.33. The smallest absolute Gasteiger partial charge is 0.231 e. The SMILES string of the molecule is NC(=O)CN(CC(N)=O)C(CC(N)=S)c1ccccc1. The van der Waals surface area contributed by atoms with Crippen molar-refractivity contribution in [3.63, 3.8) is 0 Å². The molecule has 1 unspecified atom stereocenters. The van der Waals surface area contributed by atoms with Gasteiger partial charge < -0.3 is 17.2 Å². The summed E-state index contributed by atoms with van der Waals surface area (Å²) in [6, 6.07) is 9.01. The Morgan fingerprint density at radius 2 is 1.55 bits per heavy atom. The van der Waals surface area contributed by atoms with Crippen LogP contribution in [0.1, 0.15) is 18.0 Å². The van der Waals surface area contributed by atoms with Crippen LogP contribution in [0, 0.1) is 0 Å². The summed E-state index contributed by atoms with van der Waals surface area (Å²) in [6.45, 7) is -0.184. The number of carbonyl (C=O) groups excluding carboxylic acids is 2. The van der Waals surface area contributed by atoms with E-state index >= 15 is 0 Å². The predicted molar refractivity (Wildman–Crippen MR) is 80.5 cm³/mol. The molecule has 20 heavy (non-hydrogen) atoms. The molecule has 1 aromatic rings. The van der Waals surface area contributed by atoms with Crippen LogP contribution in [0.25, 0.3) is 0 Å². The van der Waals surface area contributed by atoms with Crippen LogP contribution >= 0.6 is 12.2 Å². The van der Waals surface area contributed by atoms with Crippen molar-refractivity contribution in [1.29, 1.82) is 0 Å². The average Bonchev–Trinajstić information content (AvgIpc) is 2.35. The topological polar surface area (TPSA) is 115 Å². The standard InChI is InChI=1S/C13H18N4O2S/c14-11(18)7-17(8-12(15)19)10(6-13(16)20)9-4-2-1-3-5-9/h1-5,10H,6-8H2,(H2,14,18)(H2,15,19)(H2,16,20). The first kappa shape index (κ1) is 16.1. The van der Waals surface area contributed by atoms with Crippen molar-refractivity contribution >= 4 is 29.0 Å². The molecule has 0 saturated heterocycles. The molecule has 0 aliphatic heterocycles. The summed E-state index contributed by atoms with van der Waals surface area (Å²) in [5.74, 6) is -1.09. The van der Waals surface area contributed by atoms with Crippen molar-refractivity contribution in [3.8, 4) is 0 Å². The Kier molecular flexibility index (Phi) is 6.08. The van der Waals surface area contributed by atoms with Gasteiger partial charge in [0.15, 0.2) is 0 Å². The summed E-state index contributed by atoms with van der Waals surface area (Å²) < 4.78 is 0. The Morgan fingerprint density at radius 3 is 1.95 bits per heavy atom. The van der Waals surface area contributed by atoms with Gasteiger partial charge in [-0.2, -0.15) is 0 Å². The zero-order valence-electron chi connectivity index (χ0n) is 11.0. The Labute approximate surface area is 122 Å². The second-order valence-electron chi connectivity index (χ2n) is 4.43. The number of carbonyl (C=O) groups is 2. The van der Waals surface area contributed by atoms with Gasteiger partial charge in [0.05, 0.1) is 18.1 Å². The zero-order chi connectivity index (χ0) is 15.1. The van der Waals surface area contributed by atoms with Gasteiger partial charge in [0.1, 0.15) is 0 Å². The average molecular weight is 294 g/mol. The maximum atomic E-state index is 11.2. The second kappa shape index (κ2) is 7.56. The van der Waals surface area contributed by atoms with E-state index in [1.807, 2.05) is 30.3 Å². The maximum Gasteiger partial charge on any atom is 0.231 e. The fraction of sp³-hybridized carbons (Fsp3) is 0.308. The summed E-state index contributed by atoms with van der Waals surface area (Å²) in [5, 5.41) is 0.